The van der Waals surface area contributed by atoms with E-state index >= 15 is 0 Å². The van der Waals surface area contributed by atoms with Crippen LogP contribution in [0.5, 0.6) is 0 Å². The SMILES string of the molecule is CCC(N)C(c1ccccc1F)N(C)C. The van der Waals surface area contributed by atoms with Crippen molar-refractivity contribution >= 4 is 0 Å². The van der Waals surface area contributed by atoms with E-state index in [4.69, 9.17) is 5.73 Å². The van der Waals surface area contributed by atoms with Crippen molar-refractivity contribution in [2.45, 2.75) is 25.4 Å². The zero-order valence-electron chi connectivity index (χ0n) is 9.57. The molecule has 0 radical (unpaired) electrons. The number of likely N-dealkylation sites (N-methyl/N-ethyl adjacent to an activating group) is 1. The summed E-state index contributed by atoms with van der Waals surface area (Å²) in [6, 6.07) is 6.72. The van der Waals surface area contributed by atoms with Gasteiger partial charge in [-0.1, -0.05) is 25.1 Å². The minimum atomic E-state index is -0.180. The first-order valence-electron chi connectivity index (χ1n) is 5.24. The van der Waals surface area contributed by atoms with Gasteiger partial charge in [0.2, 0.25) is 0 Å². The van der Waals surface area contributed by atoms with Crippen LogP contribution < -0.4 is 5.73 Å². The van der Waals surface area contributed by atoms with E-state index in [2.05, 4.69) is 0 Å². The van der Waals surface area contributed by atoms with Crippen LogP contribution in [-0.2, 0) is 0 Å². The molecule has 0 amide bonds. The van der Waals surface area contributed by atoms with Crippen LogP contribution in [0, 0.1) is 5.82 Å². The number of hydrogen-bond acceptors (Lipinski definition) is 2. The predicted molar refractivity (Wildman–Crippen MR) is 61.1 cm³/mol. The van der Waals surface area contributed by atoms with E-state index in [-0.39, 0.29) is 17.9 Å². The quantitative estimate of drug-likeness (QED) is 0.825. The molecule has 1 aromatic carbocycles. The zero-order valence-corrected chi connectivity index (χ0v) is 9.57. The van der Waals surface area contributed by atoms with Crippen LogP contribution in [0.3, 0.4) is 0 Å². The molecular weight excluding hydrogens is 191 g/mol. The molecule has 0 aromatic heterocycles. The van der Waals surface area contributed by atoms with Gasteiger partial charge in [0.1, 0.15) is 5.82 Å². The van der Waals surface area contributed by atoms with Crippen LogP contribution in [0.25, 0.3) is 0 Å². The molecule has 3 heteroatoms. The van der Waals surface area contributed by atoms with Crippen molar-refractivity contribution in [3.63, 3.8) is 0 Å². The highest BCUT2D eigenvalue weighted by atomic mass is 19.1. The van der Waals surface area contributed by atoms with Gasteiger partial charge in [0.25, 0.3) is 0 Å². The summed E-state index contributed by atoms with van der Waals surface area (Å²) in [5.74, 6) is -0.180. The highest BCUT2D eigenvalue weighted by molar-refractivity contribution is 5.22. The lowest BCUT2D eigenvalue weighted by molar-refractivity contribution is 0.247. The summed E-state index contributed by atoms with van der Waals surface area (Å²) in [6.45, 7) is 2.02. The fourth-order valence-corrected chi connectivity index (χ4v) is 1.83. The van der Waals surface area contributed by atoms with Crippen LogP contribution >= 0.6 is 0 Å². The Kier molecular flexibility index (Phi) is 4.24. The Balaban J connectivity index is 3.04. The molecule has 0 saturated carbocycles. The van der Waals surface area contributed by atoms with E-state index in [0.717, 1.165) is 6.42 Å². The predicted octanol–water partition coefficient (Wildman–Crippen LogP) is 2.17. The van der Waals surface area contributed by atoms with Crippen LogP contribution in [0.1, 0.15) is 24.9 Å². The molecule has 1 aromatic rings. The molecule has 0 aliphatic carbocycles. The first kappa shape index (κ1) is 12.1. The third-order valence-corrected chi connectivity index (χ3v) is 2.66. The van der Waals surface area contributed by atoms with E-state index in [0.29, 0.717) is 5.56 Å². The molecule has 0 spiro atoms. The Labute approximate surface area is 90.9 Å². The number of nitrogens with two attached hydrogens (primary N) is 1. The van der Waals surface area contributed by atoms with Crippen LogP contribution in [0.4, 0.5) is 4.39 Å². The first-order valence-corrected chi connectivity index (χ1v) is 5.24. The lowest BCUT2D eigenvalue weighted by Crippen LogP contribution is -2.37. The van der Waals surface area contributed by atoms with Crippen molar-refractivity contribution in [1.82, 2.24) is 4.90 Å². The van der Waals surface area contributed by atoms with E-state index in [1.165, 1.54) is 6.07 Å². The lowest BCUT2D eigenvalue weighted by Gasteiger charge is -2.30. The molecule has 0 heterocycles. The van der Waals surface area contributed by atoms with Gasteiger partial charge in [-0.3, -0.25) is 0 Å². The third-order valence-electron chi connectivity index (χ3n) is 2.66. The monoisotopic (exact) mass is 210 g/mol. The molecule has 0 saturated heterocycles. The fraction of sp³-hybridized carbons (Fsp3) is 0.500. The van der Waals surface area contributed by atoms with Gasteiger partial charge in [0, 0.05) is 11.6 Å². The number of rotatable bonds is 4. The molecule has 0 fully saturated rings. The van der Waals surface area contributed by atoms with Crippen LogP contribution in [0.15, 0.2) is 24.3 Å². The maximum Gasteiger partial charge on any atom is 0.128 e. The van der Waals surface area contributed by atoms with Gasteiger partial charge in [-0.05, 0) is 26.6 Å². The van der Waals surface area contributed by atoms with Gasteiger partial charge in [-0.2, -0.15) is 0 Å². The smallest absolute Gasteiger partial charge is 0.128 e. The van der Waals surface area contributed by atoms with Gasteiger partial charge in [-0.15, -0.1) is 0 Å². The Hall–Kier alpha value is -0.930. The number of nitrogens with zero attached hydrogens (tertiary/aromatic N) is 1. The summed E-state index contributed by atoms with van der Waals surface area (Å²) in [7, 11) is 3.85. The topological polar surface area (TPSA) is 29.3 Å². The molecule has 1 rings (SSSR count). The molecule has 2 nitrogen and oxygen atoms in total. The van der Waals surface area contributed by atoms with Gasteiger partial charge in [-0.25, -0.2) is 4.39 Å². The molecule has 2 unspecified atom stereocenters. The first-order chi connectivity index (χ1) is 7.07. The van der Waals surface area contributed by atoms with Crippen molar-refractivity contribution in [1.29, 1.82) is 0 Å². The van der Waals surface area contributed by atoms with Gasteiger partial charge in [0.05, 0.1) is 6.04 Å². The second-order valence-corrected chi connectivity index (χ2v) is 4.00. The van der Waals surface area contributed by atoms with Gasteiger partial charge < -0.3 is 10.6 Å². The average molecular weight is 210 g/mol. The second kappa shape index (κ2) is 5.24. The van der Waals surface area contributed by atoms with Crippen molar-refractivity contribution in [2.24, 2.45) is 5.73 Å². The minimum Gasteiger partial charge on any atom is -0.326 e. The lowest BCUT2D eigenvalue weighted by atomic mass is 9.97. The number of benzene rings is 1. The van der Waals surface area contributed by atoms with E-state index in [9.17, 15) is 4.39 Å². The molecule has 0 aliphatic rings. The summed E-state index contributed by atoms with van der Waals surface area (Å²) in [4.78, 5) is 1.96. The fourth-order valence-electron chi connectivity index (χ4n) is 1.83. The third kappa shape index (κ3) is 2.76. The summed E-state index contributed by atoms with van der Waals surface area (Å²) in [6.07, 6.45) is 0.831. The standard InChI is InChI=1S/C12H19FN2/c1-4-11(14)12(15(2)3)9-7-5-6-8-10(9)13/h5-8,11-12H,4,14H2,1-3H3. The van der Waals surface area contributed by atoms with Crippen LogP contribution in [0.2, 0.25) is 0 Å². The second-order valence-electron chi connectivity index (χ2n) is 4.00. The normalized spacial score (nSPS) is 15.3. The Bertz CT molecular complexity index is 312. The molecule has 0 bridgehead atoms. The highest BCUT2D eigenvalue weighted by Crippen LogP contribution is 2.24. The summed E-state index contributed by atoms with van der Waals surface area (Å²) < 4.78 is 13.6. The van der Waals surface area contributed by atoms with Crippen LogP contribution in [-0.4, -0.2) is 25.0 Å². The molecular formula is C12H19FN2. The maximum absolute atomic E-state index is 13.6. The zero-order chi connectivity index (χ0) is 11.4. The maximum atomic E-state index is 13.6. The Morgan fingerprint density at radius 3 is 2.40 bits per heavy atom. The van der Waals surface area contributed by atoms with Gasteiger partial charge in [0.15, 0.2) is 0 Å². The minimum absolute atomic E-state index is 0.0445. The molecule has 2 N–H and O–H groups in total. The number of hydrogen-bond donors (Lipinski definition) is 1. The summed E-state index contributed by atoms with van der Waals surface area (Å²) in [5.41, 5.74) is 6.69. The van der Waals surface area contributed by atoms with Crippen molar-refractivity contribution in [2.75, 3.05) is 14.1 Å². The van der Waals surface area contributed by atoms with Crippen molar-refractivity contribution in [3.05, 3.63) is 35.6 Å². The van der Waals surface area contributed by atoms with E-state index in [1.54, 1.807) is 12.1 Å². The number of halogens is 1. The molecule has 84 valence electrons. The van der Waals surface area contributed by atoms with Crippen molar-refractivity contribution < 1.29 is 4.39 Å². The van der Waals surface area contributed by atoms with E-state index < -0.39 is 0 Å². The molecule has 2 atom stereocenters. The summed E-state index contributed by atoms with van der Waals surface area (Å²) in [5, 5.41) is 0. The van der Waals surface area contributed by atoms with Crippen molar-refractivity contribution in [3.8, 4) is 0 Å². The summed E-state index contributed by atoms with van der Waals surface area (Å²) >= 11 is 0. The Morgan fingerprint density at radius 2 is 1.93 bits per heavy atom. The highest BCUT2D eigenvalue weighted by Gasteiger charge is 2.22. The van der Waals surface area contributed by atoms with Gasteiger partial charge >= 0.3 is 0 Å². The Morgan fingerprint density at radius 1 is 1.33 bits per heavy atom. The average Bonchev–Trinajstić information content (AvgIpc) is 2.20. The molecule has 0 aliphatic heterocycles. The largest absolute Gasteiger partial charge is 0.326 e. The molecule has 15 heavy (non-hydrogen) atoms. The van der Waals surface area contributed by atoms with E-state index in [1.807, 2.05) is 32.0 Å².